The third-order valence-corrected chi connectivity index (χ3v) is 5.19. The Morgan fingerprint density at radius 3 is 2.19 bits per heavy atom. The number of carbonyl (C=O) groups is 1. The fourth-order valence-corrected chi connectivity index (χ4v) is 3.58. The number of pyridine rings is 1. The average Bonchev–Trinajstić information content (AvgIpc) is 3.07. The maximum atomic E-state index is 13.2. The normalized spacial score (nSPS) is 19.6. The Labute approximate surface area is 173 Å². The summed E-state index contributed by atoms with van der Waals surface area (Å²) in [6.45, 7) is 1.60. The van der Waals surface area contributed by atoms with Crippen LogP contribution >= 0.6 is 0 Å². The largest absolute Gasteiger partial charge is 0.433 e. The minimum absolute atomic E-state index is 0.0499. The predicted molar refractivity (Wildman–Crippen MR) is 99.0 cm³/mol. The van der Waals surface area contributed by atoms with Gasteiger partial charge in [-0.05, 0) is 56.2 Å². The van der Waals surface area contributed by atoms with Crippen molar-refractivity contribution in [1.29, 1.82) is 0 Å². The van der Waals surface area contributed by atoms with Crippen molar-refractivity contribution >= 4 is 17.4 Å². The fourth-order valence-electron chi connectivity index (χ4n) is 3.58. The third kappa shape index (κ3) is 4.75. The molecule has 0 saturated carbocycles. The van der Waals surface area contributed by atoms with Gasteiger partial charge >= 0.3 is 12.4 Å². The maximum absolute atomic E-state index is 13.2. The van der Waals surface area contributed by atoms with Crippen molar-refractivity contribution in [3.05, 3.63) is 53.5 Å². The molecule has 0 unspecified atom stereocenters. The van der Waals surface area contributed by atoms with Gasteiger partial charge in [-0.3, -0.25) is 4.79 Å². The van der Waals surface area contributed by atoms with Gasteiger partial charge in [-0.2, -0.15) is 26.3 Å². The Morgan fingerprint density at radius 1 is 1.03 bits per heavy atom. The summed E-state index contributed by atoms with van der Waals surface area (Å²) in [6.07, 6.45) is -9.54. The number of amides is 1. The molecule has 4 nitrogen and oxygen atoms in total. The first-order valence-corrected chi connectivity index (χ1v) is 9.27. The highest BCUT2D eigenvalue weighted by atomic mass is 19.4. The van der Waals surface area contributed by atoms with Crippen LogP contribution in [0.15, 0.2) is 36.4 Å². The van der Waals surface area contributed by atoms with Crippen molar-refractivity contribution in [2.24, 2.45) is 0 Å². The van der Waals surface area contributed by atoms with Crippen LogP contribution in [0.25, 0.3) is 0 Å². The van der Waals surface area contributed by atoms with Crippen molar-refractivity contribution in [3.63, 3.8) is 0 Å². The number of aromatic nitrogens is 1. The van der Waals surface area contributed by atoms with E-state index in [0.29, 0.717) is 18.2 Å². The van der Waals surface area contributed by atoms with Gasteiger partial charge in [0.05, 0.1) is 5.56 Å². The molecule has 1 saturated heterocycles. The van der Waals surface area contributed by atoms with Crippen molar-refractivity contribution in [2.45, 2.75) is 44.2 Å². The van der Waals surface area contributed by atoms with Crippen LogP contribution in [0.4, 0.5) is 42.2 Å². The quantitative estimate of drug-likeness (QED) is 0.599. The molecular weight excluding hydrogens is 431 g/mol. The van der Waals surface area contributed by atoms with E-state index in [-0.39, 0.29) is 12.5 Å². The van der Waals surface area contributed by atoms with Gasteiger partial charge in [0.2, 0.25) is 5.91 Å². The van der Waals surface area contributed by atoms with Gasteiger partial charge < -0.3 is 9.80 Å². The molecule has 31 heavy (non-hydrogen) atoms. The topological polar surface area (TPSA) is 36.4 Å². The molecule has 0 spiro atoms. The van der Waals surface area contributed by atoms with Crippen LogP contribution < -0.4 is 9.80 Å². The summed E-state index contributed by atoms with van der Waals surface area (Å²) in [5.41, 5.74) is -2.85. The summed E-state index contributed by atoms with van der Waals surface area (Å²) >= 11 is 0. The Kier molecular flexibility index (Phi) is 5.90. The molecule has 2 aromatic rings. The number of halogens is 7. The van der Waals surface area contributed by atoms with E-state index in [0.717, 1.165) is 12.1 Å². The van der Waals surface area contributed by atoms with E-state index in [9.17, 15) is 35.5 Å². The number of likely N-dealkylation sites (N-methyl/N-ethyl adjacent to an activating group) is 1. The first kappa shape index (κ1) is 22.8. The van der Waals surface area contributed by atoms with Gasteiger partial charge in [-0.15, -0.1) is 0 Å². The summed E-state index contributed by atoms with van der Waals surface area (Å²) in [6, 6.07) is 3.90. The molecule has 11 heteroatoms. The van der Waals surface area contributed by atoms with Crippen LogP contribution in [0, 0.1) is 5.82 Å². The number of carbonyl (C=O) groups excluding carboxylic acids is 1. The van der Waals surface area contributed by atoms with E-state index in [1.54, 1.807) is 6.92 Å². The first-order chi connectivity index (χ1) is 14.3. The molecule has 0 bridgehead atoms. The van der Waals surface area contributed by atoms with Gasteiger partial charge in [-0.1, -0.05) is 0 Å². The summed E-state index contributed by atoms with van der Waals surface area (Å²) in [5, 5.41) is 0. The van der Waals surface area contributed by atoms with Crippen LogP contribution in [0.2, 0.25) is 0 Å². The summed E-state index contributed by atoms with van der Waals surface area (Å²) < 4.78 is 92.5. The molecule has 1 aromatic heterocycles. The second-order valence-corrected chi connectivity index (χ2v) is 7.32. The standard InChI is InChI=1S/C20H18F7N3O/c1-11-3-8-15(18(31)29(2)14-6-4-13(21)5-7-14)30(11)17-10-12(19(22,23)24)9-16(28-17)20(25,26)27/h4-7,9-11,15H,3,8H2,1-2H3/t11-,15-/m0/s1. The number of hydrogen-bond acceptors (Lipinski definition) is 3. The highest BCUT2D eigenvalue weighted by Gasteiger charge is 2.42. The highest BCUT2D eigenvalue weighted by Crippen LogP contribution is 2.39. The van der Waals surface area contributed by atoms with Gasteiger partial charge in [-0.25, -0.2) is 9.37 Å². The van der Waals surface area contributed by atoms with E-state index in [2.05, 4.69) is 4.98 Å². The van der Waals surface area contributed by atoms with Crippen molar-refractivity contribution < 1.29 is 35.5 Å². The summed E-state index contributed by atoms with van der Waals surface area (Å²) in [5.74, 6) is -1.64. The average molecular weight is 449 g/mol. The molecule has 0 aliphatic carbocycles. The zero-order chi connectivity index (χ0) is 23.1. The second-order valence-electron chi connectivity index (χ2n) is 7.32. The number of anilines is 2. The number of hydrogen-bond donors (Lipinski definition) is 0. The van der Waals surface area contributed by atoms with Crippen LogP contribution in [-0.4, -0.2) is 30.0 Å². The maximum Gasteiger partial charge on any atom is 0.433 e. The van der Waals surface area contributed by atoms with Crippen LogP contribution in [0.5, 0.6) is 0 Å². The Bertz CT molecular complexity index is 924. The van der Waals surface area contributed by atoms with Gasteiger partial charge in [0.1, 0.15) is 23.4 Å². The van der Waals surface area contributed by atoms with Crippen LogP contribution in [-0.2, 0) is 17.1 Å². The fraction of sp³-hybridized carbons (Fsp3) is 0.400. The van der Waals surface area contributed by atoms with E-state index in [1.165, 1.54) is 29.0 Å². The van der Waals surface area contributed by atoms with Crippen molar-refractivity contribution in [1.82, 2.24) is 4.98 Å². The summed E-state index contributed by atoms with van der Waals surface area (Å²) in [4.78, 5) is 18.8. The molecule has 0 N–H and O–H groups in total. The molecule has 0 radical (unpaired) electrons. The first-order valence-electron chi connectivity index (χ1n) is 9.27. The van der Waals surface area contributed by atoms with Crippen molar-refractivity contribution in [2.75, 3.05) is 16.8 Å². The SMILES string of the molecule is C[C@H]1CC[C@@H](C(=O)N(C)c2ccc(F)cc2)N1c1cc(C(F)(F)F)cc(C(F)(F)F)n1. The van der Waals surface area contributed by atoms with Crippen molar-refractivity contribution in [3.8, 4) is 0 Å². The molecule has 1 aliphatic heterocycles. The lowest BCUT2D eigenvalue weighted by Gasteiger charge is -2.32. The molecule has 1 fully saturated rings. The molecule has 1 amide bonds. The van der Waals surface area contributed by atoms with E-state index < -0.39 is 53.2 Å². The molecule has 2 atom stereocenters. The number of nitrogens with zero attached hydrogens (tertiary/aromatic N) is 3. The van der Waals surface area contributed by atoms with E-state index >= 15 is 0 Å². The van der Waals surface area contributed by atoms with Gasteiger partial charge in [0.25, 0.3) is 0 Å². The minimum Gasteiger partial charge on any atom is -0.342 e. The molecular formula is C20H18F7N3O. The van der Waals surface area contributed by atoms with E-state index in [4.69, 9.17) is 0 Å². The lowest BCUT2D eigenvalue weighted by molar-refractivity contribution is -0.145. The molecule has 1 aliphatic rings. The highest BCUT2D eigenvalue weighted by molar-refractivity contribution is 5.99. The molecule has 3 rings (SSSR count). The monoisotopic (exact) mass is 449 g/mol. The predicted octanol–water partition coefficient (Wildman–Crippen LogP) is 5.28. The molecule has 168 valence electrons. The zero-order valence-corrected chi connectivity index (χ0v) is 16.4. The van der Waals surface area contributed by atoms with Crippen LogP contribution in [0.3, 0.4) is 0 Å². The summed E-state index contributed by atoms with van der Waals surface area (Å²) in [7, 11) is 1.40. The number of alkyl halides is 6. The van der Waals surface area contributed by atoms with E-state index in [1.807, 2.05) is 0 Å². The Morgan fingerprint density at radius 2 is 1.65 bits per heavy atom. The zero-order valence-electron chi connectivity index (χ0n) is 16.4. The van der Waals surface area contributed by atoms with Crippen LogP contribution in [0.1, 0.15) is 31.0 Å². The lowest BCUT2D eigenvalue weighted by Crippen LogP contribution is -2.47. The third-order valence-electron chi connectivity index (χ3n) is 5.19. The number of rotatable bonds is 3. The van der Waals surface area contributed by atoms with Gasteiger partial charge in [0, 0.05) is 18.8 Å². The molecule has 1 aromatic carbocycles. The Balaban J connectivity index is 2.01. The Hall–Kier alpha value is -2.85. The lowest BCUT2D eigenvalue weighted by atomic mass is 10.1. The number of benzene rings is 1. The molecule has 2 heterocycles. The van der Waals surface area contributed by atoms with Gasteiger partial charge in [0.15, 0.2) is 0 Å². The second kappa shape index (κ2) is 8.01. The minimum atomic E-state index is -5.09. The smallest absolute Gasteiger partial charge is 0.342 e.